The largest absolute Gasteiger partial charge is 0.438 e. The minimum absolute atomic E-state index is 0.142. The van der Waals surface area contributed by atoms with Gasteiger partial charge in [0, 0.05) is 20.0 Å². The topological polar surface area (TPSA) is 46.6 Å². The van der Waals surface area contributed by atoms with Crippen molar-refractivity contribution in [2.75, 3.05) is 7.05 Å². The van der Waals surface area contributed by atoms with Crippen molar-refractivity contribution < 1.29 is 14.3 Å². The molecule has 0 aliphatic carbocycles. The second-order valence-electron chi connectivity index (χ2n) is 2.31. The maximum Gasteiger partial charge on any atom is 0.304 e. The summed E-state index contributed by atoms with van der Waals surface area (Å²) >= 11 is 0. The van der Waals surface area contributed by atoms with Crippen molar-refractivity contribution in [3.05, 3.63) is 12.2 Å². The van der Waals surface area contributed by atoms with Gasteiger partial charge in [-0.25, -0.2) is 0 Å². The summed E-state index contributed by atoms with van der Waals surface area (Å²) in [6.45, 7) is 1.31. The summed E-state index contributed by atoms with van der Waals surface area (Å²) in [4.78, 5) is 22.6. The minimum Gasteiger partial charge on any atom is -0.438 e. The molecule has 0 N–H and O–H groups in total. The van der Waals surface area contributed by atoms with Gasteiger partial charge in [-0.2, -0.15) is 0 Å². The maximum atomic E-state index is 10.8. The molecule has 4 nitrogen and oxygen atoms in total. The molecule has 1 heterocycles. The molecule has 1 atom stereocenters. The normalized spacial score (nSPS) is 22.5. The molecule has 0 aromatic heterocycles. The van der Waals surface area contributed by atoms with Gasteiger partial charge in [-0.05, 0) is 6.08 Å². The average Bonchev–Trinajstić information content (AvgIpc) is 2.18. The van der Waals surface area contributed by atoms with Crippen molar-refractivity contribution in [1.82, 2.24) is 4.90 Å². The van der Waals surface area contributed by atoms with Crippen LogP contribution in [0.15, 0.2) is 12.2 Å². The number of hydrogen-bond donors (Lipinski definition) is 0. The van der Waals surface area contributed by atoms with Gasteiger partial charge in [-0.15, -0.1) is 0 Å². The third-order valence-corrected chi connectivity index (χ3v) is 1.42. The fourth-order valence-electron chi connectivity index (χ4n) is 0.825. The van der Waals surface area contributed by atoms with Crippen LogP contribution < -0.4 is 0 Å². The van der Waals surface area contributed by atoms with Crippen LogP contribution in [0.5, 0.6) is 0 Å². The van der Waals surface area contributed by atoms with Gasteiger partial charge in [0.1, 0.15) is 0 Å². The molecule has 1 rings (SSSR count). The van der Waals surface area contributed by atoms with Gasteiger partial charge in [0.05, 0.1) is 0 Å². The first kappa shape index (κ1) is 7.78. The second kappa shape index (κ2) is 2.74. The van der Waals surface area contributed by atoms with Crippen molar-refractivity contribution in [3.8, 4) is 0 Å². The SMILES string of the molecule is CC(=O)O[C@H]1C=CC(=O)N1C. The van der Waals surface area contributed by atoms with E-state index in [0.29, 0.717) is 0 Å². The van der Waals surface area contributed by atoms with E-state index in [1.165, 1.54) is 17.9 Å². The van der Waals surface area contributed by atoms with Crippen LogP contribution in [0.4, 0.5) is 0 Å². The zero-order chi connectivity index (χ0) is 8.43. The van der Waals surface area contributed by atoms with E-state index < -0.39 is 6.23 Å². The standard InChI is InChI=1S/C7H9NO3/c1-5(9)11-7-4-3-6(10)8(7)2/h3-4,7H,1-2H3/t7-/m0/s1. The van der Waals surface area contributed by atoms with Crippen molar-refractivity contribution in [3.63, 3.8) is 0 Å². The Balaban J connectivity index is 2.56. The van der Waals surface area contributed by atoms with Crippen molar-refractivity contribution in [2.24, 2.45) is 0 Å². The number of amides is 1. The van der Waals surface area contributed by atoms with Crippen molar-refractivity contribution in [1.29, 1.82) is 0 Å². The molecule has 0 spiro atoms. The molecule has 0 saturated heterocycles. The molecule has 1 amide bonds. The Bertz CT molecular complexity index is 222. The van der Waals surface area contributed by atoms with E-state index >= 15 is 0 Å². The van der Waals surface area contributed by atoms with Gasteiger partial charge in [-0.1, -0.05) is 0 Å². The van der Waals surface area contributed by atoms with Crippen LogP contribution in [0, 0.1) is 0 Å². The Morgan fingerprint density at radius 3 is 2.73 bits per heavy atom. The van der Waals surface area contributed by atoms with Gasteiger partial charge in [-0.3, -0.25) is 9.59 Å². The average molecular weight is 155 g/mol. The van der Waals surface area contributed by atoms with Gasteiger partial charge in [0.25, 0.3) is 0 Å². The highest BCUT2D eigenvalue weighted by Crippen LogP contribution is 2.09. The first-order chi connectivity index (χ1) is 5.11. The molecule has 0 saturated carbocycles. The predicted octanol–water partition coefficient (Wildman–Crippen LogP) is -0.0962. The Hall–Kier alpha value is -1.32. The Labute approximate surface area is 64.4 Å². The van der Waals surface area contributed by atoms with E-state index in [4.69, 9.17) is 4.74 Å². The molecule has 0 bridgehead atoms. The van der Waals surface area contributed by atoms with E-state index in [2.05, 4.69) is 0 Å². The van der Waals surface area contributed by atoms with Crippen molar-refractivity contribution >= 4 is 11.9 Å². The number of carbonyl (C=O) groups is 2. The summed E-state index contributed by atoms with van der Waals surface area (Å²) < 4.78 is 4.77. The molecule has 4 heteroatoms. The van der Waals surface area contributed by atoms with Crippen LogP contribution in [-0.2, 0) is 14.3 Å². The molecular weight excluding hydrogens is 146 g/mol. The lowest BCUT2D eigenvalue weighted by Gasteiger charge is -2.18. The summed E-state index contributed by atoms with van der Waals surface area (Å²) in [5, 5.41) is 0. The monoisotopic (exact) mass is 155 g/mol. The molecule has 0 radical (unpaired) electrons. The van der Waals surface area contributed by atoms with E-state index in [0.717, 1.165) is 0 Å². The molecule has 0 unspecified atom stereocenters. The van der Waals surface area contributed by atoms with E-state index in [1.54, 1.807) is 13.1 Å². The first-order valence-corrected chi connectivity index (χ1v) is 3.23. The molecule has 0 aromatic carbocycles. The molecule has 0 aromatic rings. The van der Waals surface area contributed by atoms with E-state index in [1.807, 2.05) is 0 Å². The highest BCUT2D eigenvalue weighted by molar-refractivity contribution is 5.90. The molecule has 1 aliphatic heterocycles. The zero-order valence-electron chi connectivity index (χ0n) is 6.40. The highest BCUT2D eigenvalue weighted by atomic mass is 16.6. The number of ether oxygens (including phenoxy) is 1. The zero-order valence-corrected chi connectivity index (χ0v) is 6.40. The first-order valence-electron chi connectivity index (χ1n) is 3.23. The van der Waals surface area contributed by atoms with E-state index in [-0.39, 0.29) is 11.9 Å². The van der Waals surface area contributed by atoms with Gasteiger partial charge < -0.3 is 9.64 Å². The van der Waals surface area contributed by atoms with Gasteiger partial charge >= 0.3 is 5.97 Å². The number of likely N-dealkylation sites (N-methyl/N-ethyl adjacent to an activating group) is 1. The molecule has 1 aliphatic rings. The number of nitrogens with zero attached hydrogens (tertiary/aromatic N) is 1. The van der Waals surface area contributed by atoms with Crippen LogP contribution in [0.25, 0.3) is 0 Å². The minimum atomic E-state index is -0.514. The summed E-state index contributed by atoms with van der Waals surface area (Å²) in [5.41, 5.74) is 0. The summed E-state index contributed by atoms with van der Waals surface area (Å²) in [6, 6.07) is 0. The quantitative estimate of drug-likeness (QED) is 0.497. The Morgan fingerprint density at radius 2 is 2.36 bits per heavy atom. The van der Waals surface area contributed by atoms with Gasteiger partial charge in [0.15, 0.2) is 6.23 Å². The summed E-state index contributed by atoms with van der Waals surface area (Å²) in [7, 11) is 1.58. The molecule has 0 fully saturated rings. The van der Waals surface area contributed by atoms with Crippen LogP contribution in [0.1, 0.15) is 6.92 Å². The Kier molecular flexibility index (Phi) is 1.94. The fourth-order valence-corrected chi connectivity index (χ4v) is 0.825. The number of carbonyl (C=O) groups excluding carboxylic acids is 2. The lowest BCUT2D eigenvalue weighted by atomic mass is 10.5. The lowest BCUT2D eigenvalue weighted by molar-refractivity contribution is -0.153. The number of esters is 1. The molecular formula is C7H9NO3. The second-order valence-corrected chi connectivity index (χ2v) is 2.31. The van der Waals surface area contributed by atoms with Gasteiger partial charge in [0.2, 0.25) is 5.91 Å². The molecule has 11 heavy (non-hydrogen) atoms. The highest BCUT2D eigenvalue weighted by Gasteiger charge is 2.23. The third-order valence-electron chi connectivity index (χ3n) is 1.42. The van der Waals surface area contributed by atoms with E-state index in [9.17, 15) is 9.59 Å². The smallest absolute Gasteiger partial charge is 0.304 e. The third kappa shape index (κ3) is 1.58. The Morgan fingerprint density at radius 1 is 1.73 bits per heavy atom. The predicted molar refractivity (Wildman–Crippen MR) is 37.5 cm³/mol. The maximum absolute atomic E-state index is 10.8. The summed E-state index contributed by atoms with van der Waals surface area (Å²) in [5.74, 6) is -0.530. The van der Waals surface area contributed by atoms with Crippen LogP contribution >= 0.6 is 0 Å². The fraction of sp³-hybridized carbons (Fsp3) is 0.429. The number of hydrogen-bond acceptors (Lipinski definition) is 3. The van der Waals surface area contributed by atoms with Crippen LogP contribution in [-0.4, -0.2) is 30.1 Å². The van der Waals surface area contributed by atoms with Crippen LogP contribution in [0.3, 0.4) is 0 Å². The summed E-state index contributed by atoms with van der Waals surface area (Å²) in [6.07, 6.45) is 2.41. The van der Waals surface area contributed by atoms with Crippen LogP contribution in [0.2, 0.25) is 0 Å². The van der Waals surface area contributed by atoms with Crippen molar-refractivity contribution in [2.45, 2.75) is 13.2 Å². The molecule has 60 valence electrons. The number of rotatable bonds is 1. The lowest BCUT2D eigenvalue weighted by Crippen LogP contribution is -2.32.